The van der Waals surface area contributed by atoms with Crippen molar-refractivity contribution in [1.82, 2.24) is 0 Å². The lowest BCUT2D eigenvalue weighted by molar-refractivity contribution is -0.136. The topological polar surface area (TPSA) is 49.3 Å². The zero-order valence-corrected chi connectivity index (χ0v) is 11.6. The standard InChI is InChI=1S/C14H13Cl2NO2/c15-10-5-3-6-11(16)14(10)17-12-7-2-1-4-9(12)8-13(18)19/h1-2,4-5,7,17H,3,6,8H2,(H,18,19). The Bertz CT molecular complexity index is 564. The number of benzene rings is 1. The highest BCUT2D eigenvalue weighted by Crippen LogP contribution is 2.32. The van der Waals surface area contributed by atoms with E-state index in [9.17, 15) is 4.79 Å². The highest BCUT2D eigenvalue weighted by Gasteiger charge is 2.15. The summed E-state index contributed by atoms with van der Waals surface area (Å²) in [6, 6.07) is 7.22. The van der Waals surface area contributed by atoms with E-state index in [1.54, 1.807) is 12.1 Å². The van der Waals surface area contributed by atoms with Crippen LogP contribution in [0.2, 0.25) is 0 Å². The molecule has 5 heteroatoms. The summed E-state index contributed by atoms with van der Waals surface area (Å²) in [6.07, 6.45) is 3.41. The van der Waals surface area contributed by atoms with Crippen LogP contribution in [0.15, 0.2) is 46.1 Å². The molecule has 0 saturated heterocycles. The monoisotopic (exact) mass is 297 g/mol. The largest absolute Gasteiger partial charge is 0.481 e. The van der Waals surface area contributed by atoms with Gasteiger partial charge in [-0.1, -0.05) is 47.5 Å². The fraction of sp³-hybridized carbons (Fsp3) is 0.214. The van der Waals surface area contributed by atoms with Crippen molar-refractivity contribution in [3.63, 3.8) is 0 Å². The number of rotatable bonds is 4. The van der Waals surface area contributed by atoms with Gasteiger partial charge >= 0.3 is 5.97 Å². The molecule has 0 saturated carbocycles. The van der Waals surface area contributed by atoms with Gasteiger partial charge in [-0.2, -0.15) is 0 Å². The van der Waals surface area contributed by atoms with Gasteiger partial charge in [0.2, 0.25) is 0 Å². The molecule has 0 bridgehead atoms. The number of anilines is 1. The van der Waals surface area contributed by atoms with E-state index in [-0.39, 0.29) is 6.42 Å². The zero-order chi connectivity index (χ0) is 13.8. The first kappa shape index (κ1) is 14.0. The first-order chi connectivity index (χ1) is 9.08. The summed E-state index contributed by atoms with van der Waals surface area (Å²) < 4.78 is 0. The Kier molecular flexibility index (Phi) is 4.51. The van der Waals surface area contributed by atoms with Gasteiger partial charge in [0.15, 0.2) is 0 Å². The molecule has 100 valence electrons. The van der Waals surface area contributed by atoms with E-state index in [2.05, 4.69) is 5.32 Å². The molecule has 3 nitrogen and oxygen atoms in total. The average molecular weight is 298 g/mol. The molecular weight excluding hydrogens is 285 g/mol. The molecule has 0 unspecified atom stereocenters. The minimum Gasteiger partial charge on any atom is -0.481 e. The molecule has 1 aromatic carbocycles. The first-order valence-electron chi connectivity index (χ1n) is 5.89. The van der Waals surface area contributed by atoms with Crippen LogP contribution in [-0.4, -0.2) is 11.1 Å². The predicted molar refractivity (Wildman–Crippen MR) is 77.5 cm³/mol. The third-order valence-corrected chi connectivity index (χ3v) is 3.54. The normalized spacial score (nSPS) is 15.2. The maximum absolute atomic E-state index is 10.8. The van der Waals surface area contributed by atoms with Crippen molar-refractivity contribution in [1.29, 1.82) is 0 Å². The quantitative estimate of drug-likeness (QED) is 0.880. The molecule has 0 amide bonds. The minimum absolute atomic E-state index is 0.0462. The molecule has 19 heavy (non-hydrogen) atoms. The number of carboxylic acids is 1. The molecule has 2 rings (SSSR count). The van der Waals surface area contributed by atoms with Crippen LogP contribution >= 0.6 is 23.2 Å². The van der Waals surface area contributed by atoms with Gasteiger partial charge in [-0.15, -0.1) is 0 Å². The molecule has 0 aromatic heterocycles. The van der Waals surface area contributed by atoms with E-state index in [4.69, 9.17) is 28.3 Å². The van der Waals surface area contributed by atoms with Crippen LogP contribution in [0.25, 0.3) is 0 Å². The van der Waals surface area contributed by atoms with Crippen LogP contribution in [0.3, 0.4) is 0 Å². The summed E-state index contributed by atoms with van der Waals surface area (Å²) in [6.45, 7) is 0. The highest BCUT2D eigenvalue weighted by atomic mass is 35.5. The minimum atomic E-state index is -0.875. The summed E-state index contributed by atoms with van der Waals surface area (Å²) in [5.41, 5.74) is 2.07. The van der Waals surface area contributed by atoms with Crippen LogP contribution < -0.4 is 5.32 Å². The Balaban J connectivity index is 2.28. The van der Waals surface area contributed by atoms with Gasteiger partial charge in [0.25, 0.3) is 0 Å². The maximum Gasteiger partial charge on any atom is 0.307 e. The van der Waals surface area contributed by atoms with Crippen molar-refractivity contribution in [3.05, 3.63) is 51.7 Å². The van der Waals surface area contributed by atoms with Crippen LogP contribution in [0.5, 0.6) is 0 Å². The molecule has 0 aliphatic heterocycles. The number of hydrogen-bond acceptors (Lipinski definition) is 2. The Morgan fingerprint density at radius 1 is 1.32 bits per heavy atom. The number of hydrogen-bond donors (Lipinski definition) is 2. The van der Waals surface area contributed by atoms with Gasteiger partial charge < -0.3 is 10.4 Å². The number of halogens is 2. The lowest BCUT2D eigenvalue weighted by Gasteiger charge is -2.18. The fourth-order valence-electron chi connectivity index (χ4n) is 1.90. The van der Waals surface area contributed by atoms with Crippen molar-refractivity contribution >= 4 is 34.9 Å². The molecule has 0 radical (unpaired) electrons. The molecule has 1 aromatic rings. The molecule has 1 aliphatic rings. The van der Waals surface area contributed by atoms with Crippen molar-refractivity contribution in [2.75, 3.05) is 5.32 Å². The first-order valence-corrected chi connectivity index (χ1v) is 6.65. The van der Waals surface area contributed by atoms with Gasteiger partial charge in [0.1, 0.15) is 0 Å². The van der Waals surface area contributed by atoms with Crippen LogP contribution in [-0.2, 0) is 11.2 Å². The fourth-order valence-corrected chi connectivity index (χ4v) is 2.48. The van der Waals surface area contributed by atoms with Crippen molar-refractivity contribution in [3.8, 4) is 0 Å². The molecule has 2 N–H and O–H groups in total. The summed E-state index contributed by atoms with van der Waals surface area (Å²) in [7, 11) is 0. The highest BCUT2D eigenvalue weighted by molar-refractivity contribution is 6.36. The van der Waals surface area contributed by atoms with E-state index in [0.29, 0.717) is 27.0 Å². The molecule has 0 atom stereocenters. The average Bonchev–Trinajstić information content (AvgIpc) is 2.35. The van der Waals surface area contributed by atoms with Crippen molar-refractivity contribution in [2.24, 2.45) is 0 Å². The Labute approximate surface area is 121 Å². The number of aliphatic carboxylic acids is 1. The van der Waals surface area contributed by atoms with Crippen LogP contribution in [0, 0.1) is 0 Å². The number of carbonyl (C=O) groups is 1. The van der Waals surface area contributed by atoms with Gasteiger partial charge in [-0.3, -0.25) is 4.79 Å². The van der Waals surface area contributed by atoms with Gasteiger partial charge in [0.05, 0.1) is 17.2 Å². The maximum atomic E-state index is 10.8. The Morgan fingerprint density at radius 3 is 2.74 bits per heavy atom. The van der Waals surface area contributed by atoms with Gasteiger partial charge in [0, 0.05) is 10.7 Å². The smallest absolute Gasteiger partial charge is 0.307 e. The number of carboxylic acid groups (broad SMARTS) is 1. The molecular formula is C14H13Cl2NO2. The van der Waals surface area contributed by atoms with Crippen LogP contribution in [0.4, 0.5) is 5.69 Å². The summed E-state index contributed by atoms with van der Waals surface area (Å²) in [5.74, 6) is -0.875. The van der Waals surface area contributed by atoms with Gasteiger partial charge in [-0.05, 0) is 24.5 Å². The second kappa shape index (κ2) is 6.13. The van der Waals surface area contributed by atoms with Crippen molar-refractivity contribution < 1.29 is 9.90 Å². The van der Waals surface area contributed by atoms with E-state index < -0.39 is 5.97 Å². The summed E-state index contributed by atoms with van der Waals surface area (Å²) in [5, 5.41) is 13.3. The number of para-hydroxylation sites is 1. The molecule has 0 fully saturated rings. The molecule has 0 spiro atoms. The third-order valence-electron chi connectivity index (χ3n) is 2.82. The molecule has 1 aliphatic carbocycles. The number of allylic oxidation sites excluding steroid dienone is 3. The lowest BCUT2D eigenvalue weighted by atomic mass is 10.1. The zero-order valence-electron chi connectivity index (χ0n) is 10.1. The van der Waals surface area contributed by atoms with E-state index in [1.807, 2.05) is 18.2 Å². The lowest BCUT2D eigenvalue weighted by Crippen LogP contribution is -2.09. The second-order valence-electron chi connectivity index (χ2n) is 4.22. The SMILES string of the molecule is O=C(O)Cc1ccccc1NC1=C(Cl)CCC=C1Cl. The van der Waals surface area contributed by atoms with E-state index >= 15 is 0 Å². The van der Waals surface area contributed by atoms with E-state index in [0.717, 1.165) is 12.8 Å². The Hall–Kier alpha value is -1.45. The summed E-state index contributed by atoms with van der Waals surface area (Å²) >= 11 is 12.3. The van der Waals surface area contributed by atoms with Gasteiger partial charge in [-0.25, -0.2) is 0 Å². The third kappa shape index (κ3) is 3.52. The van der Waals surface area contributed by atoms with E-state index in [1.165, 1.54) is 0 Å². The predicted octanol–water partition coefficient (Wildman–Crippen LogP) is 4.09. The second-order valence-corrected chi connectivity index (χ2v) is 5.09. The molecule has 0 heterocycles. The van der Waals surface area contributed by atoms with Crippen LogP contribution in [0.1, 0.15) is 18.4 Å². The Morgan fingerprint density at radius 2 is 2.05 bits per heavy atom. The summed E-state index contributed by atoms with van der Waals surface area (Å²) in [4.78, 5) is 10.8. The van der Waals surface area contributed by atoms with Crippen molar-refractivity contribution in [2.45, 2.75) is 19.3 Å². The number of nitrogens with one attached hydrogen (secondary N) is 1.